The van der Waals surface area contributed by atoms with Crippen LogP contribution >= 0.6 is 0 Å². The zero-order valence-corrected chi connectivity index (χ0v) is 23.4. The largest absolute Gasteiger partial charge is 0.339 e. The highest BCUT2D eigenvalue weighted by molar-refractivity contribution is 6.06. The summed E-state index contributed by atoms with van der Waals surface area (Å²) in [6, 6.07) is 9.47. The molecule has 210 valence electrons. The van der Waals surface area contributed by atoms with E-state index in [4.69, 9.17) is 4.98 Å². The minimum absolute atomic E-state index is 0.00741. The van der Waals surface area contributed by atoms with Gasteiger partial charge in [-0.3, -0.25) is 19.7 Å². The number of pyridine rings is 2. The van der Waals surface area contributed by atoms with E-state index in [2.05, 4.69) is 42.4 Å². The molecule has 2 amide bonds. The first-order valence-corrected chi connectivity index (χ1v) is 14.0. The van der Waals surface area contributed by atoms with E-state index in [-0.39, 0.29) is 17.7 Å². The zero-order valence-electron chi connectivity index (χ0n) is 23.4. The number of anilines is 1. The minimum Gasteiger partial charge on any atom is -0.339 e. The van der Waals surface area contributed by atoms with Gasteiger partial charge in [0.1, 0.15) is 11.2 Å². The van der Waals surface area contributed by atoms with E-state index in [9.17, 15) is 9.59 Å². The number of carbonyl (C=O) groups excluding carboxylic acids is 2. The first-order chi connectivity index (χ1) is 19.9. The van der Waals surface area contributed by atoms with Crippen molar-refractivity contribution in [1.29, 1.82) is 0 Å². The molecular weight excluding hydrogens is 518 g/mol. The Morgan fingerprint density at radius 3 is 2.63 bits per heavy atom. The van der Waals surface area contributed by atoms with Gasteiger partial charge in [0.25, 0.3) is 5.91 Å². The van der Waals surface area contributed by atoms with Crippen molar-refractivity contribution in [3.63, 3.8) is 0 Å². The van der Waals surface area contributed by atoms with Crippen molar-refractivity contribution in [3.8, 4) is 22.6 Å². The molecule has 0 saturated carbocycles. The van der Waals surface area contributed by atoms with Gasteiger partial charge in [0.2, 0.25) is 5.91 Å². The molecule has 0 bridgehead atoms. The van der Waals surface area contributed by atoms with Gasteiger partial charge in [-0.1, -0.05) is 6.07 Å². The van der Waals surface area contributed by atoms with E-state index < -0.39 is 0 Å². The molecule has 0 unspecified atom stereocenters. The second-order valence-electron chi connectivity index (χ2n) is 10.5. The van der Waals surface area contributed by atoms with Crippen LogP contribution < -0.4 is 5.32 Å². The Hall–Kier alpha value is -4.64. The van der Waals surface area contributed by atoms with E-state index in [1.165, 1.54) is 0 Å². The van der Waals surface area contributed by atoms with Crippen LogP contribution in [0, 0.1) is 5.92 Å². The number of nitrogens with one attached hydrogen (secondary N) is 3. The Morgan fingerprint density at radius 1 is 1.07 bits per heavy atom. The van der Waals surface area contributed by atoms with E-state index in [1.807, 2.05) is 44.2 Å². The first kappa shape index (κ1) is 26.6. The summed E-state index contributed by atoms with van der Waals surface area (Å²) in [6.45, 7) is 7.03. The van der Waals surface area contributed by atoms with Gasteiger partial charge in [-0.2, -0.15) is 5.10 Å². The number of imidazole rings is 1. The average Bonchev–Trinajstić information content (AvgIpc) is 3.62. The summed E-state index contributed by atoms with van der Waals surface area (Å²) in [6.07, 6.45) is 6.86. The molecule has 0 atom stereocenters. The Labute approximate surface area is 237 Å². The first-order valence-electron chi connectivity index (χ1n) is 14.0. The lowest BCUT2D eigenvalue weighted by Gasteiger charge is -2.28. The highest BCUT2D eigenvalue weighted by Crippen LogP contribution is 2.31. The molecule has 1 aliphatic heterocycles. The lowest BCUT2D eigenvalue weighted by atomic mass is 9.96. The molecule has 3 N–H and O–H groups in total. The van der Waals surface area contributed by atoms with Crippen LogP contribution in [0.4, 0.5) is 5.69 Å². The number of rotatable bonds is 7. The van der Waals surface area contributed by atoms with Gasteiger partial charge in [0.05, 0.1) is 28.4 Å². The number of nitrogens with zero attached hydrogens (tertiary/aromatic N) is 6. The summed E-state index contributed by atoms with van der Waals surface area (Å²) < 4.78 is 0. The number of likely N-dealkylation sites (tertiary alicyclic amines) is 1. The molecule has 0 radical (unpaired) electrons. The molecule has 4 aromatic heterocycles. The fourth-order valence-corrected chi connectivity index (χ4v) is 5.42. The van der Waals surface area contributed by atoms with Crippen LogP contribution in [0.25, 0.3) is 44.7 Å². The number of para-hydroxylation sites is 1. The van der Waals surface area contributed by atoms with Gasteiger partial charge in [0, 0.05) is 42.5 Å². The molecule has 1 aliphatic rings. The molecule has 6 rings (SSSR count). The summed E-state index contributed by atoms with van der Waals surface area (Å²) in [5.41, 5.74) is 5.46. The predicted octanol–water partition coefficient (Wildman–Crippen LogP) is 4.33. The molecule has 0 aliphatic carbocycles. The molecule has 1 fully saturated rings. The molecule has 11 nitrogen and oxygen atoms in total. The number of carbonyl (C=O) groups is 2. The lowest BCUT2D eigenvalue weighted by Crippen LogP contribution is -2.35. The van der Waals surface area contributed by atoms with Crippen molar-refractivity contribution >= 4 is 39.6 Å². The quantitative estimate of drug-likeness (QED) is 0.274. The van der Waals surface area contributed by atoms with Crippen molar-refractivity contribution in [1.82, 2.24) is 39.9 Å². The monoisotopic (exact) mass is 551 g/mol. The Bertz CT molecular complexity index is 1730. The molecule has 41 heavy (non-hydrogen) atoms. The fraction of sp³-hybridized carbons (Fsp3) is 0.333. The van der Waals surface area contributed by atoms with Crippen LogP contribution in [0.1, 0.15) is 37.0 Å². The number of aromatic amines is 2. The summed E-state index contributed by atoms with van der Waals surface area (Å²) in [5.74, 6) is 0.561. The average molecular weight is 552 g/mol. The summed E-state index contributed by atoms with van der Waals surface area (Å²) in [5, 5.41) is 11.3. The number of H-pyrrole nitrogens is 2. The molecule has 1 aromatic carbocycles. The third-order valence-electron chi connectivity index (χ3n) is 7.87. The molecular formula is C30H33N9O2. The van der Waals surface area contributed by atoms with Gasteiger partial charge in [-0.05, 0) is 71.1 Å². The van der Waals surface area contributed by atoms with Crippen molar-refractivity contribution < 1.29 is 9.59 Å². The third kappa shape index (κ3) is 5.16. The smallest absolute Gasteiger partial charge is 0.256 e. The minimum atomic E-state index is -0.0487. The third-order valence-corrected chi connectivity index (χ3v) is 7.87. The second kappa shape index (κ2) is 11.1. The molecule has 11 heteroatoms. The van der Waals surface area contributed by atoms with E-state index in [1.54, 1.807) is 23.5 Å². The number of amides is 2. The molecule has 1 saturated heterocycles. The van der Waals surface area contributed by atoms with E-state index >= 15 is 0 Å². The SMILES string of the molecule is CCN(CC)C(=O)c1cccc2[nH]c(-c3[nH]nc4ncc(-c5cncc(NC(=O)C6CCN(C)CC6)c5)cc34)nc12. The maximum atomic E-state index is 13.1. The standard InChI is InChI=1S/C30H33N9O2/c1-4-39(5-2)30(41)22-7-6-8-24-25(22)35-28(34-24)26-23-14-20(16-32-27(23)37-36-26)19-13-21(17-31-15-19)33-29(40)18-9-11-38(3)12-10-18/h6-8,13-18H,4-5,9-12H2,1-3H3,(H,33,40)(H,34,35)(H,32,36,37). The number of hydrogen-bond donors (Lipinski definition) is 3. The maximum Gasteiger partial charge on any atom is 0.256 e. The van der Waals surface area contributed by atoms with Crippen LogP contribution in [-0.4, -0.2) is 85.0 Å². The van der Waals surface area contributed by atoms with Gasteiger partial charge >= 0.3 is 0 Å². The summed E-state index contributed by atoms with van der Waals surface area (Å²) >= 11 is 0. The predicted molar refractivity (Wildman–Crippen MR) is 158 cm³/mol. The highest BCUT2D eigenvalue weighted by Gasteiger charge is 2.24. The highest BCUT2D eigenvalue weighted by atomic mass is 16.2. The van der Waals surface area contributed by atoms with Gasteiger partial charge in [-0.25, -0.2) is 9.97 Å². The zero-order chi connectivity index (χ0) is 28.5. The van der Waals surface area contributed by atoms with E-state index in [0.717, 1.165) is 48.0 Å². The van der Waals surface area contributed by atoms with Crippen LogP contribution in [0.3, 0.4) is 0 Å². The summed E-state index contributed by atoms with van der Waals surface area (Å²) in [4.78, 5) is 47.1. The molecule has 5 heterocycles. The number of piperidine rings is 1. The lowest BCUT2D eigenvalue weighted by molar-refractivity contribution is -0.121. The van der Waals surface area contributed by atoms with Crippen LogP contribution in [0.5, 0.6) is 0 Å². The van der Waals surface area contributed by atoms with E-state index in [0.29, 0.717) is 47.0 Å². The van der Waals surface area contributed by atoms with Crippen LogP contribution in [0.15, 0.2) is 48.9 Å². The maximum absolute atomic E-state index is 13.1. The Morgan fingerprint density at radius 2 is 1.85 bits per heavy atom. The van der Waals surface area contributed by atoms with Crippen molar-refractivity contribution in [2.75, 3.05) is 38.5 Å². The Kier molecular flexibility index (Phi) is 7.19. The van der Waals surface area contributed by atoms with Crippen LogP contribution in [0.2, 0.25) is 0 Å². The van der Waals surface area contributed by atoms with Crippen molar-refractivity contribution in [2.24, 2.45) is 5.92 Å². The van der Waals surface area contributed by atoms with Crippen molar-refractivity contribution in [3.05, 3.63) is 54.5 Å². The second-order valence-corrected chi connectivity index (χ2v) is 10.5. The van der Waals surface area contributed by atoms with Gasteiger partial charge in [-0.15, -0.1) is 0 Å². The normalized spacial score (nSPS) is 14.5. The van der Waals surface area contributed by atoms with Crippen molar-refractivity contribution in [2.45, 2.75) is 26.7 Å². The van der Waals surface area contributed by atoms with Gasteiger partial charge < -0.3 is 20.1 Å². The number of benzene rings is 1. The van der Waals surface area contributed by atoms with Crippen LogP contribution in [-0.2, 0) is 4.79 Å². The molecule has 5 aromatic rings. The number of fused-ring (bicyclic) bond motifs is 2. The summed E-state index contributed by atoms with van der Waals surface area (Å²) in [7, 11) is 2.08. The molecule has 0 spiro atoms. The number of hydrogen-bond acceptors (Lipinski definition) is 7. The Balaban J connectivity index is 1.30. The number of aromatic nitrogens is 6. The topological polar surface area (TPSA) is 136 Å². The van der Waals surface area contributed by atoms with Gasteiger partial charge in [0.15, 0.2) is 11.5 Å². The fourth-order valence-electron chi connectivity index (χ4n) is 5.42.